The van der Waals surface area contributed by atoms with Gasteiger partial charge in [0.15, 0.2) is 0 Å². The third-order valence-corrected chi connectivity index (χ3v) is 3.43. The van der Waals surface area contributed by atoms with Crippen molar-refractivity contribution in [2.75, 3.05) is 11.9 Å². The maximum Gasteiger partial charge on any atom is 0.269 e. The lowest BCUT2D eigenvalue weighted by Crippen LogP contribution is -2.18. The second kappa shape index (κ2) is 7.40. The normalized spacial score (nSPS) is 11.6. The Kier molecular flexibility index (Phi) is 5.30. The summed E-state index contributed by atoms with van der Waals surface area (Å²) in [5.41, 5.74) is 1.40. The second-order valence-electron chi connectivity index (χ2n) is 5.02. The van der Waals surface area contributed by atoms with Crippen LogP contribution in [0.5, 0.6) is 5.75 Å². The van der Waals surface area contributed by atoms with Crippen LogP contribution in [0.15, 0.2) is 48.5 Å². The molecule has 0 saturated heterocycles. The van der Waals surface area contributed by atoms with Crippen LogP contribution in [-0.2, 0) is 4.79 Å². The van der Waals surface area contributed by atoms with Crippen LogP contribution in [0.4, 0.5) is 11.4 Å². The van der Waals surface area contributed by atoms with Gasteiger partial charge in [-0.15, -0.1) is 0 Å². The van der Waals surface area contributed by atoms with E-state index < -0.39 is 10.8 Å². The van der Waals surface area contributed by atoms with Gasteiger partial charge < -0.3 is 10.1 Å². The molecule has 1 N–H and O–H groups in total. The Morgan fingerprint density at radius 3 is 2.30 bits per heavy atom. The van der Waals surface area contributed by atoms with E-state index in [-0.39, 0.29) is 11.6 Å². The summed E-state index contributed by atoms with van der Waals surface area (Å²) >= 11 is 0. The van der Waals surface area contributed by atoms with Crippen LogP contribution in [0.1, 0.15) is 25.3 Å². The number of hydrogen-bond acceptors (Lipinski definition) is 4. The van der Waals surface area contributed by atoms with Crippen molar-refractivity contribution in [3.63, 3.8) is 0 Å². The van der Waals surface area contributed by atoms with Crippen LogP contribution in [0.25, 0.3) is 0 Å². The highest BCUT2D eigenvalue weighted by molar-refractivity contribution is 5.95. The summed E-state index contributed by atoms with van der Waals surface area (Å²) in [5, 5.41) is 13.5. The molecule has 1 atom stereocenters. The summed E-state index contributed by atoms with van der Waals surface area (Å²) in [6.07, 6.45) is 0. The fourth-order valence-electron chi connectivity index (χ4n) is 2.09. The molecule has 1 amide bonds. The van der Waals surface area contributed by atoms with Crippen LogP contribution in [0.2, 0.25) is 0 Å². The number of carbonyl (C=O) groups is 1. The maximum absolute atomic E-state index is 12.3. The minimum absolute atomic E-state index is 0.00729. The molecule has 2 aromatic carbocycles. The highest BCUT2D eigenvalue weighted by atomic mass is 16.6. The number of nitro groups is 1. The first-order valence-electron chi connectivity index (χ1n) is 7.29. The number of anilines is 1. The third-order valence-electron chi connectivity index (χ3n) is 3.43. The summed E-state index contributed by atoms with van der Waals surface area (Å²) in [4.78, 5) is 22.4. The average Bonchev–Trinajstić information content (AvgIpc) is 2.56. The van der Waals surface area contributed by atoms with Gasteiger partial charge >= 0.3 is 0 Å². The standard InChI is InChI=1S/C17H18N2O4/c1-3-23-16-10-6-14(7-11-16)18-17(20)12(2)13-4-8-15(9-5-13)19(21)22/h4-12H,3H2,1-2H3,(H,18,20)/t12-/m1/s1. The van der Waals surface area contributed by atoms with Crippen molar-refractivity contribution >= 4 is 17.3 Å². The van der Waals surface area contributed by atoms with Crippen LogP contribution >= 0.6 is 0 Å². The Labute approximate surface area is 134 Å². The smallest absolute Gasteiger partial charge is 0.269 e. The van der Waals surface area contributed by atoms with Gasteiger partial charge in [-0.2, -0.15) is 0 Å². The first kappa shape index (κ1) is 16.5. The molecular formula is C17H18N2O4. The molecule has 6 heteroatoms. The molecule has 0 heterocycles. The molecule has 6 nitrogen and oxygen atoms in total. The van der Waals surface area contributed by atoms with E-state index in [1.807, 2.05) is 6.92 Å². The van der Waals surface area contributed by atoms with E-state index in [4.69, 9.17) is 4.74 Å². The fraction of sp³-hybridized carbons (Fsp3) is 0.235. The van der Waals surface area contributed by atoms with E-state index in [1.165, 1.54) is 12.1 Å². The lowest BCUT2D eigenvalue weighted by atomic mass is 10.00. The number of nitrogens with zero attached hydrogens (tertiary/aromatic N) is 1. The Hall–Kier alpha value is -2.89. The molecule has 0 unspecified atom stereocenters. The van der Waals surface area contributed by atoms with E-state index in [0.717, 1.165) is 11.3 Å². The van der Waals surface area contributed by atoms with E-state index in [9.17, 15) is 14.9 Å². The summed E-state index contributed by atoms with van der Waals surface area (Å²) in [5.74, 6) is 0.152. The maximum atomic E-state index is 12.3. The van der Waals surface area contributed by atoms with Crippen molar-refractivity contribution in [1.29, 1.82) is 0 Å². The molecule has 0 saturated carbocycles. The zero-order valence-electron chi connectivity index (χ0n) is 13.0. The van der Waals surface area contributed by atoms with E-state index in [1.54, 1.807) is 43.3 Å². The lowest BCUT2D eigenvalue weighted by molar-refractivity contribution is -0.384. The summed E-state index contributed by atoms with van der Waals surface area (Å²) < 4.78 is 5.35. The number of ether oxygens (including phenoxy) is 1. The number of non-ortho nitro benzene ring substituents is 1. The zero-order chi connectivity index (χ0) is 16.8. The Morgan fingerprint density at radius 1 is 1.17 bits per heavy atom. The fourth-order valence-corrected chi connectivity index (χ4v) is 2.09. The molecule has 120 valence electrons. The van der Waals surface area contributed by atoms with Gasteiger partial charge in [0.25, 0.3) is 5.69 Å². The number of rotatable bonds is 6. The van der Waals surface area contributed by atoms with Gasteiger partial charge in [-0.25, -0.2) is 0 Å². The second-order valence-corrected chi connectivity index (χ2v) is 5.02. The first-order valence-corrected chi connectivity index (χ1v) is 7.29. The van der Waals surface area contributed by atoms with E-state index >= 15 is 0 Å². The topological polar surface area (TPSA) is 81.5 Å². The molecule has 0 aliphatic rings. The number of amides is 1. The van der Waals surface area contributed by atoms with Crippen LogP contribution in [0.3, 0.4) is 0 Å². The molecule has 2 aromatic rings. The minimum Gasteiger partial charge on any atom is -0.494 e. The Bertz CT molecular complexity index is 681. The summed E-state index contributed by atoms with van der Waals surface area (Å²) in [6, 6.07) is 13.1. The largest absolute Gasteiger partial charge is 0.494 e. The predicted octanol–water partition coefficient (Wildman–Crippen LogP) is 3.74. The van der Waals surface area contributed by atoms with Gasteiger partial charge in [0, 0.05) is 17.8 Å². The van der Waals surface area contributed by atoms with E-state index in [2.05, 4.69) is 5.32 Å². The lowest BCUT2D eigenvalue weighted by Gasteiger charge is -2.13. The van der Waals surface area contributed by atoms with Crippen molar-refractivity contribution in [3.8, 4) is 5.75 Å². The van der Waals surface area contributed by atoms with E-state index in [0.29, 0.717) is 12.3 Å². The predicted molar refractivity (Wildman–Crippen MR) is 87.8 cm³/mol. The molecule has 0 aromatic heterocycles. The van der Waals surface area contributed by atoms with Gasteiger partial charge in [0.2, 0.25) is 5.91 Å². The average molecular weight is 314 g/mol. The highest BCUT2D eigenvalue weighted by Gasteiger charge is 2.16. The van der Waals surface area contributed by atoms with Crippen LogP contribution in [-0.4, -0.2) is 17.4 Å². The minimum atomic E-state index is -0.464. The van der Waals surface area contributed by atoms with Gasteiger partial charge in [-0.1, -0.05) is 12.1 Å². The van der Waals surface area contributed by atoms with Crippen molar-refractivity contribution in [3.05, 3.63) is 64.2 Å². The molecule has 0 fully saturated rings. The van der Waals surface area contributed by atoms with Gasteiger partial charge in [-0.05, 0) is 43.7 Å². The van der Waals surface area contributed by atoms with Crippen molar-refractivity contribution in [1.82, 2.24) is 0 Å². The van der Waals surface area contributed by atoms with Gasteiger partial charge in [0.05, 0.1) is 17.4 Å². The zero-order valence-corrected chi connectivity index (χ0v) is 13.0. The number of hydrogen-bond donors (Lipinski definition) is 1. The molecular weight excluding hydrogens is 296 g/mol. The van der Waals surface area contributed by atoms with Crippen LogP contribution < -0.4 is 10.1 Å². The van der Waals surface area contributed by atoms with Crippen molar-refractivity contribution < 1.29 is 14.5 Å². The number of benzene rings is 2. The highest BCUT2D eigenvalue weighted by Crippen LogP contribution is 2.22. The molecule has 23 heavy (non-hydrogen) atoms. The SMILES string of the molecule is CCOc1ccc(NC(=O)[C@H](C)c2ccc([N+](=O)[O-])cc2)cc1. The molecule has 0 radical (unpaired) electrons. The number of carbonyl (C=O) groups excluding carboxylic acids is 1. The third kappa shape index (κ3) is 4.29. The van der Waals surface area contributed by atoms with Crippen LogP contribution in [0, 0.1) is 10.1 Å². The molecule has 0 spiro atoms. The van der Waals surface area contributed by atoms with Gasteiger partial charge in [0.1, 0.15) is 5.75 Å². The summed E-state index contributed by atoms with van der Waals surface area (Å²) in [6.45, 7) is 4.25. The first-order chi connectivity index (χ1) is 11.0. The van der Waals surface area contributed by atoms with Gasteiger partial charge in [-0.3, -0.25) is 14.9 Å². The van der Waals surface area contributed by atoms with Crippen molar-refractivity contribution in [2.45, 2.75) is 19.8 Å². The molecule has 2 rings (SSSR count). The monoisotopic (exact) mass is 314 g/mol. The number of nitro benzene ring substituents is 1. The Balaban J connectivity index is 2.02. The van der Waals surface area contributed by atoms with Crippen molar-refractivity contribution in [2.24, 2.45) is 0 Å². The Morgan fingerprint density at radius 2 is 1.78 bits per heavy atom. The number of nitrogens with one attached hydrogen (secondary N) is 1. The molecule has 0 aliphatic carbocycles. The quantitative estimate of drug-likeness (QED) is 0.650. The molecule has 0 bridgehead atoms. The summed E-state index contributed by atoms with van der Waals surface area (Å²) in [7, 11) is 0. The molecule has 0 aliphatic heterocycles.